The molecule has 5 nitrogen and oxygen atoms in total. The highest BCUT2D eigenvalue weighted by Crippen LogP contribution is 2.22. The number of carbonyl (C=O) groups is 2. The third-order valence-electron chi connectivity index (χ3n) is 4.29. The first-order chi connectivity index (χ1) is 12.8. The van der Waals surface area contributed by atoms with E-state index in [4.69, 9.17) is 0 Å². The lowest BCUT2D eigenvalue weighted by molar-refractivity contribution is -0.121. The van der Waals surface area contributed by atoms with Gasteiger partial charge in [-0.3, -0.25) is 9.59 Å². The van der Waals surface area contributed by atoms with Crippen LogP contribution in [0.3, 0.4) is 0 Å². The molecule has 0 spiro atoms. The van der Waals surface area contributed by atoms with Crippen molar-refractivity contribution in [1.82, 2.24) is 10.6 Å². The van der Waals surface area contributed by atoms with Gasteiger partial charge in [0.1, 0.15) is 0 Å². The summed E-state index contributed by atoms with van der Waals surface area (Å²) in [4.78, 5) is 25.4. The lowest BCUT2D eigenvalue weighted by Crippen LogP contribution is -2.33. The molecular formula is C21H28N2O3S. The van der Waals surface area contributed by atoms with E-state index >= 15 is 0 Å². The topological polar surface area (TPSA) is 78.4 Å². The first kappa shape index (κ1) is 21.1. The van der Waals surface area contributed by atoms with Crippen molar-refractivity contribution < 1.29 is 14.7 Å². The number of benzene rings is 1. The lowest BCUT2D eigenvalue weighted by Gasteiger charge is -2.19. The molecule has 0 saturated heterocycles. The molecule has 146 valence electrons. The summed E-state index contributed by atoms with van der Waals surface area (Å²) in [6, 6.07) is 11.2. The fourth-order valence-corrected chi connectivity index (χ4v) is 3.50. The molecule has 2 rings (SSSR count). The molecule has 1 atom stereocenters. The summed E-state index contributed by atoms with van der Waals surface area (Å²) in [6.07, 6.45) is 0.665. The summed E-state index contributed by atoms with van der Waals surface area (Å²) in [5, 5.41) is 16.8. The predicted octanol–water partition coefficient (Wildman–Crippen LogP) is 3.41. The fourth-order valence-electron chi connectivity index (χ4n) is 2.68. The largest absolute Gasteiger partial charge is 0.396 e. The minimum atomic E-state index is -0.192. The van der Waals surface area contributed by atoms with E-state index in [-0.39, 0.29) is 42.8 Å². The van der Waals surface area contributed by atoms with Gasteiger partial charge in [-0.2, -0.15) is 0 Å². The predicted molar refractivity (Wildman–Crippen MR) is 109 cm³/mol. The maximum absolute atomic E-state index is 12.2. The average molecular weight is 389 g/mol. The molecule has 0 aliphatic rings. The minimum absolute atomic E-state index is 0.00411. The number of thiophene rings is 1. The Morgan fingerprint density at radius 1 is 1.15 bits per heavy atom. The molecular weight excluding hydrogens is 360 g/mol. The zero-order valence-electron chi connectivity index (χ0n) is 16.1. The van der Waals surface area contributed by atoms with Crippen molar-refractivity contribution in [3.8, 4) is 0 Å². The monoisotopic (exact) mass is 388 g/mol. The number of carbonyl (C=O) groups excluding carboxylic acids is 2. The van der Waals surface area contributed by atoms with Gasteiger partial charge in [-0.15, -0.1) is 11.3 Å². The quantitative estimate of drug-likeness (QED) is 0.648. The Morgan fingerprint density at radius 2 is 1.85 bits per heavy atom. The van der Waals surface area contributed by atoms with Gasteiger partial charge in [0.25, 0.3) is 5.91 Å². The summed E-state index contributed by atoms with van der Waals surface area (Å²) < 4.78 is 0. The zero-order chi connectivity index (χ0) is 19.9. The number of hydrogen-bond donors (Lipinski definition) is 3. The first-order valence-corrected chi connectivity index (χ1v) is 10.0. The summed E-state index contributed by atoms with van der Waals surface area (Å²) in [7, 11) is 0. The van der Waals surface area contributed by atoms with Crippen molar-refractivity contribution in [2.45, 2.75) is 45.1 Å². The minimum Gasteiger partial charge on any atom is -0.396 e. The molecule has 6 heteroatoms. The van der Waals surface area contributed by atoms with Gasteiger partial charge in [0.2, 0.25) is 5.91 Å². The van der Waals surface area contributed by atoms with Crippen molar-refractivity contribution >= 4 is 23.2 Å². The Bertz CT molecular complexity index is 734. The summed E-state index contributed by atoms with van der Waals surface area (Å²) in [5.74, 6) is -0.335. The molecule has 27 heavy (non-hydrogen) atoms. The number of hydrogen-bond acceptors (Lipinski definition) is 4. The third kappa shape index (κ3) is 6.48. The summed E-state index contributed by atoms with van der Waals surface area (Å²) in [5.41, 5.74) is 1.79. The average Bonchev–Trinajstić information content (AvgIpc) is 3.15. The highest BCUT2D eigenvalue weighted by molar-refractivity contribution is 7.10. The Hall–Kier alpha value is -2.18. The van der Waals surface area contributed by atoms with Crippen molar-refractivity contribution in [2.75, 3.05) is 13.2 Å². The van der Waals surface area contributed by atoms with E-state index in [2.05, 4.69) is 31.4 Å². The molecule has 0 fully saturated rings. The Morgan fingerprint density at radius 3 is 2.41 bits per heavy atom. The van der Waals surface area contributed by atoms with E-state index in [1.54, 1.807) is 11.3 Å². The number of aliphatic hydroxyl groups is 1. The van der Waals surface area contributed by atoms with Crippen LogP contribution in [0.25, 0.3) is 0 Å². The first-order valence-electron chi connectivity index (χ1n) is 9.13. The van der Waals surface area contributed by atoms with Gasteiger partial charge >= 0.3 is 0 Å². The molecule has 0 unspecified atom stereocenters. The number of rotatable bonds is 8. The van der Waals surface area contributed by atoms with Crippen LogP contribution in [-0.4, -0.2) is 30.1 Å². The number of aliphatic hydroxyl groups excluding tert-OH is 1. The zero-order valence-corrected chi connectivity index (χ0v) is 16.9. The van der Waals surface area contributed by atoms with Gasteiger partial charge in [0.15, 0.2) is 0 Å². The van der Waals surface area contributed by atoms with Crippen LogP contribution in [0.5, 0.6) is 0 Å². The van der Waals surface area contributed by atoms with E-state index in [0.29, 0.717) is 12.0 Å². The molecule has 2 amide bonds. The van der Waals surface area contributed by atoms with E-state index < -0.39 is 0 Å². The van der Waals surface area contributed by atoms with Crippen molar-refractivity contribution in [1.29, 1.82) is 0 Å². The third-order valence-corrected chi connectivity index (χ3v) is 5.28. The molecule has 0 aliphatic carbocycles. The van der Waals surface area contributed by atoms with Crippen LogP contribution >= 0.6 is 11.3 Å². The lowest BCUT2D eigenvalue weighted by atomic mass is 9.87. The van der Waals surface area contributed by atoms with Crippen LogP contribution in [0, 0.1) is 0 Å². The molecule has 3 N–H and O–H groups in total. The van der Waals surface area contributed by atoms with E-state index in [1.165, 1.54) is 5.56 Å². The second-order valence-electron chi connectivity index (χ2n) is 7.48. The molecule has 1 aromatic carbocycles. The Kier molecular flexibility index (Phi) is 7.56. The molecule has 0 radical (unpaired) electrons. The molecule has 0 aliphatic heterocycles. The second kappa shape index (κ2) is 9.67. The van der Waals surface area contributed by atoms with Gasteiger partial charge in [-0.1, -0.05) is 39.0 Å². The van der Waals surface area contributed by atoms with Crippen LogP contribution < -0.4 is 10.6 Å². The molecule has 0 bridgehead atoms. The second-order valence-corrected chi connectivity index (χ2v) is 8.46. The molecule has 2 aromatic rings. The van der Waals surface area contributed by atoms with Gasteiger partial charge in [0, 0.05) is 30.0 Å². The van der Waals surface area contributed by atoms with Crippen LogP contribution in [0.4, 0.5) is 0 Å². The van der Waals surface area contributed by atoms with Crippen LogP contribution in [0.2, 0.25) is 0 Å². The standard InChI is InChI=1S/C21H28N2O3S/c1-21(2,3)16-8-6-15(7-9-16)20(26)22-12-10-19(25)23-17(11-13-24)18-5-4-14-27-18/h4-9,14,17,24H,10-13H2,1-3H3,(H,22,26)(H,23,25)/t17-/m1/s1. The van der Waals surface area contributed by atoms with Crippen LogP contribution in [-0.2, 0) is 10.2 Å². The molecule has 1 heterocycles. The van der Waals surface area contributed by atoms with Gasteiger partial charge < -0.3 is 15.7 Å². The van der Waals surface area contributed by atoms with Crippen molar-refractivity contribution in [2.24, 2.45) is 0 Å². The van der Waals surface area contributed by atoms with Gasteiger partial charge in [-0.25, -0.2) is 0 Å². The molecule has 0 saturated carbocycles. The van der Waals surface area contributed by atoms with Gasteiger partial charge in [0.05, 0.1) is 6.04 Å². The maximum Gasteiger partial charge on any atom is 0.251 e. The van der Waals surface area contributed by atoms with Gasteiger partial charge in [-0.05, 0) is 41.0 Å². The summed E-state index contributed by atoms with van der Waals surface area (Å²) in [6.45, 7) is 6.65. The van der Waals surface area contributed by atoms with Crippen LogP contribution in [0.1, 0.15) is 60.5 Å². The maximum atomic E-state index is 12.2. The van der Waals surface area contributed by atoms with E-state index in [0.717, 1.165) is 4.88 Å². The van der Waals surface area contributed by atoms with Crippen LogP contribution in [0.15, 0.2) is 41.8 Å². The Balaban J connectivity index is 1.81. The number of amides is 2. The smallest absolute Gasteiger partial charge is 0.251 e. The number of nitrogens with one attached hydrogen (secondary N) is 2. The highest BCUT2D eigenvalue weighted by Gasteiger charge is 2.16. The highest BCUT2D eigenvalue weighted by atomic mass is 32.1. The molecule has 1 aromatic heterocycles. The fraction of sp³-hybridized carbons (Fsp3) is 0.429. The van der Waals surface area contributed by atoms with E-state index in [9.17, 15) is 14.7 Å². The van der Waals surface area contributed by atoms with Crippen molar-refractivity contribution in [3.63, 3.8) is 0 Å². The van der Waals surface area contributed by atoms with Crippen molar-refractivity contribution in [3.05, 3.63) is 57.8 Å². The SMILES string of the molecule is CC(C)(C)c1ccc(C(=O)NCCC(=O)N[C@H](CCO)c2cccs2)cc1. The normalized spacial score (nSPS) is 12.4. The summed E-state index contributed by atoms with van der Waals surface area (Å²) >= 11 is 1.55. The Labute approximate surface area is 164 Å². The van der Waals surface area contributed by atoms with E-state index in [1.807, 2.05) is 41.8 Å².